The molecular weight excluding hydrogens is 264 g/mol. The summed E-state index contributed by atoms with van der Waals surface area (Å²) in [6, 6.07) is 10.6. The monoisotopic (exact) mass is 288 g/mol. The van der Waals surface area contributed by atoms with Crippen LogP contribution in [-0.4, -0.2) is 17.4 Å². The fraction of sp³-hybridized carbons (Fsp3) is 0.529. The molecule has 0 bridgehead atoms. The second-order valence-electron chi connectivity index (χ2n) is 6.48. The van der Waals surface area contributed by atoms with E-state index in [4.69, 9.17) is 4.74 Å². The zero-order valence-electron chi connectivity index (χ0n) is 13.1. The molecule has 1 aromatic rings. The van der Waals surface area contributed by atoms with E-state index in [1.165, 1.54) is 5.56 Å². The van der Waals surface area contributed by atoms with Crippen LogP contribution in [0.5, 0.6) is 0 Å². The average Bonchev–Trinajstić information content (AvgIpc) is 2.45. The van der Waals surface area contributed by atoms with E-state index in [1.54, 1.807) is 0 Å². The summed E-state index contributed by atoms with van der Waals surface area (Å²) < 4.78 is 5.16. The number of benzene rings is 1. The molecule has 0 atom stereocenters. The summed E-state index contributed by atoms with van der Waals surface area (Å²) in [7, 11) is 0. The molecule has 0 radical (unpaired) electrons. The van der Waals surface area contributed by atoms with Crippen molar-refractivity contribution < 1.29 is 9.53 Å². The minimum atomic E-state index is -0.491. The van der Waals surface area contributed by atoms with Gasteiger partial charge in [0.25, 0.3) is 0 Å². The maximum atomic E-state index is 11.5. The third-order valence-electron chi connectivity index (χ3n) is 3.54. The maximum absolute atomic E-state index is 11.5. The van der Waals surface area contributed by atoms with Gasteiger partial charge in [0.2, 0.25) is 0 Å². The highest BCUT2D eigenvalue weighted by molar-refractivity contribution is 5.86. The number of carbonyl (C=O) groups excluding carboxylic acids is 1. The second kappa shape index (κ2) is 6.74. The summed E-state index contributed by atoms with van der Waals surface area (Å²) in [5.41, 5.74) is 4.45. The van der Waals surface area contributed by atoms with Gasteiger partial charge in [0, 0.05) is 5.71 Å². The lowest BCUT2D eigenvalue weighted by molar-refractivity contribution is 0.0529. The van der Waals surface area contributed by atoms with Crippen molar-refractivity contribution in [2.75, 3.05) is 0 Å². The third-order valence-corrected chi connectivity index (χ3v) is 3.54. The van der Waals surface area contributed by atoms with Gasteiger partial charge in [0.05, 0.1) is 0 Å². The molecule has 1 aromatic carbocycles. The van der Waals surface area contributed by atoms with Crippen molar-refractivity contribution in [3.05, 3.63) is 35.9 Å². The molecular formula is C17H24N2O2. The summed E-state index contributed by atoms with van der Waals surface area (Å²) in [5.74, 6) is 0.603. The fourth-order valence-corrected chi connectivity index (χ4v) is 2.55. The van der Waals surface area contributed by atoms with Gasteiger partial charge in [-0.05, 0) is 57.9 Å². The van der Waals surface area contributed by atoms with Gasteiger partial charge in [-0.1, -0.05) is 30.3 Å². The van der Waals surface area contributed by atoms with E-state index in [1.807, 2.05) is 26.8 Å². The van der Waals surface area contributed by atoms with E-state index in [2.05, 4.69) is 34.8 Å². The van der Waals surface area contributed by atoms with Gasteiger partial charge < -0.3 is 4.74 Å². The van der Waals surface area contributed by atoms with Crippen molar-refractivity contribution >= 4 is 11.8 Å². The minimum Gasteiger partial charge on any atom is -0.443 e. The first-order valence-electron chi connectivity index (χ1n) is 7.53. The topological polar surface area (TPSA) is 50.7 Å². The molecule has 0 aromatic heterocycles. The summed E-state index contributed by atoms with van der Waals surface area (Å²) in [6.07, 6.45) is 3.53. The molecule has 1 amide bonds. The van der Waals surface area contributed by atoms with Crippen molar-refractivity contribution in [1.82, 2.24) is 5.43 Å². The Hall–Kier alpha value is -1.84. The number of hydrazone groups is 1. The van der Waals surface area contributed by atoms with Crippen molar-refractivity contribution in [2.45, 2.75) is 58.0 Å². The van der Waals surface area contributed by atoms with E-state index in [-0.39, 0.29) is 0 Å². The molecule has 4 nitrogen and oxygen atoms in total. The Morgan fingerprint density at radius 3 is 2.38 bits per heavy atom. The van der Waals surface area contributed by atoms with Crippen LogP contribution in [0.1, 0.15) is 57.9 Å². The van der Waals surface area contributed by atoms with Crippen LogP contribution < -0.4 is 5.43 Å². The lowest BCUT2D eigenvalue weighted by Gasteiger charge is -2.23. The molecule has 0 unspecified atom stereocenters. The predicted octanol–water partition coefficient (Wildman–Crippen LogP) is 4.22. The molecule has 2 rings (SSSR count). The Bertz CT molecular complexity index is 493. The number of nitrogens with one attached hydrogen (secondary N) is 1. The molecule has 0 aliphatic heterocycles. The standard InChI is InChI=1S/C17H24N2O2/c1-17(2,3)21-16(20)19-18-15-11-9-14(10-12-15)13-7-5-4-6-8-13/h4-8,14H,9-12H2,1-3H3,(H,19,20). The Balaban J connectivity index is 1.81. The van der Waals surface area contributed by atoms with Crippen LogP contribution in [0.4, 0.5) is 4.79 Å². The fourth-order valence-electron chi connectivity index (χ4n) is 2.55. The number of amides is 1. The third kappa shape index (κ3) is 5.21. The molecule has 114 valence electrons. The van der Waals surface area contributed by atoms with E-state index < -0.39 is 11.7 Å². The molecule has 0 spiro atoms. The summed E-state index contributed by atoms with van der Waals surface area (Å²) in [6.45, 7) is 5.51. The van der Waals surface area contributed by atoms with Gasteiger partial charge >= 0.3 is 6.09 Å². The number of carbonyl (C=O) groups is 1. The Morgan fingerprint density at radius 2 is 1.81 bits per heavy atom. The molecule has 1 fully saturated rings. The van der Waals surface area contributed by atoms with Crippen LogP contribution in [0.25, 0.3) is 0 Å². The molecule has 1 aliphatic carbocycles. The highest BCUT2D eigenvalue weighted by atomic mass is 16.6. The van der Waals surface area contributed by atoms with Crippen LogP contribution >= 0.6 is 0 Å². The molecule has 1 saturated carbocycles. The van der Waals surface area contributed by atoms with Crippen LogP contribution in [0.2, 0.25) is 0 Å². The Labute approximate surface area is 126 Å². The molecule has 21 heavy (non-hydrogen) atoms. The zero-order valence-corrected chi connectivity index (χ0v) is 13.1. The van der Waals surface area contributed by atoms with E-state index in [0.717, 1.165) is 31.4 Å². The lowest BCUT2D eigenvalue weighted by atomic mass is 9.83. The van der Waals surface area contributed by atoms with Gasteiger partial charge in [0.15, 0.2) is 0 Å². The van der Waals surface area contributed by atoms with Crippen molar-refractivity contribution in [1.29, 1.82) is 0 Å². The number of nitrogens with zero attached hydrogens (tertiary/aromatic N) is 1. The van der Waals surface area contributed by atoms with Crippen LogP contribution in [0.15, 0.2) is 35.4 Å². The average molecular weight is 288 g/mol. The van der Waals surface area contributed by atoms with Crippen molar-refractivity contribution in [3.8, 4) is 0 Å². The largest absolute Gasteiger partial charge is 0.443 e. The molecule has 1 aliphatic rings. The smallest absolute Gasteiger partial charge is 0.428 e. The van der Waals surface area contributed by atoms with Crippen LogP contribution in [0, 0.1) is 0 Å². The highest BCUT2D eigenvalue weighted by Gasteiger charge is 2.20. The zero-order chi connectivity index (χ0) is 15.3. The van der Waals surface area contributed by atoms with Crippen molar-refractivity contribution in [3.63, 3.8) is 0 Å². The molecule has 0 saturated heterocycles. The van der Waals surface area contributed by atoms with Gasteiger partial charge in [-0.25, -0.2) is 10.2 Å². The second-order valence-corrected chi connectivity index (χ2v) is 6.48. The minimum absolute atomic E-state index is 0.486. The van der Waals surface area contributed by atoms with E-state index in [9.17, 15) is 4.79 Å². The van der Waals surface area contributed by atoms with Crippen molar-refractivity contribution in [2.24, 2.45) is 5.10 Å². The van der Waals surface area contributed by atoms with Gasteiger partial charge in [-0.15, -0.1) is 0 Å². The number of hydrogen-bond donors (Lipinski definition) is 1. The SMILES string of the molecule is CC(C)(C)OC(=O)NN=C1CCC(c2ccccc2)CC1. The first-order valence-corrected chi connectivity index (χ1v) is 7.53. The Morgan fingerprint density at radius 1 is 1.19 bits per heavy atom. The molecule has 4 heteroatoms. The molecule has 1 N–H and O–H groups in total. The first-order chi connectivity index (χ1) is 9.94. The summed E-state index contributed by atoms with van der Waals surface area (Å²) >= 11 is 0. The lowest BCUT2D eigenvalue weighted by Crippen LogP contribution is -2.30. The predicted molar refractivity (Wildman–Crippen MR) is 84.5 cm³/mol. The van der Waals surface area contributed by atoms with E-state index in [0.29, 0.717) is 5.92 Å². The normalized spacial score (nSPS) is 19.0. The summed E-state index contributed by atoms with van der Waals surface area (Å²) in [5, 5.41) is 4.19. The van der Waals surface area contributed by atoms with Gasteiger partial charge in [0.1, 0.15) is 5.60 Å². The molecule has 0 heterocycles. The number of rotatable bonds is 2. The van der Waals surface area contributed by atoms with Crippen LogP contribution in [0.3, 0.4) is 0 Å². The summed E-state index contributed by atoms with van der Waals surface area (Å²) in [4.78, 5) is 11.5. The number of ether oxygens (including phenoxy) is 1. The van der Waals surface area contributed by atoms with E-state index >= 15 is 0 Å². The maximum Gasteiger partial charge on any atom is 0.428 e. The quantitative estimate of drug-likeness (QED) is 0.828. The number of hydrogen-bond acceptors (Lipinski definition) is 3. The van der Waals surface area contributed by atoms with Gasteiger partial charge in [-0.2, -0.15) is 5.10 Å². The Kier molecular flexibility index (Phi) is 4.99. The van der Waals surface area contributed by atoms with Crippen LogP contribution in [-0.2, 0) is 4.74 Å². The van der Waals surface area contributed by atoms with Gasteiger partial charge in [-0.3, -0.25) is 0 Å². The highest BCUT2D eigenvalue weighted by Crippen LogP contribution is 2.31. The first kappa shape index (κ1) is 15.5.